The van der Waals surface area contributed by atoms with Crippen LogP contribution in [0.3, 0.4) is 0 Å². The van der Waals surface area contributed by atoms with E-state index in [1.165, 1.54) is 13.0 Å². The molecule has 0 radical (unpaired) electrons. The van der Waals surface area contributed by atoms with Crippen LogP contribution in [-0.4, -0.2) is 54.9 Å². The average molecular weight is 226 g/mol. The molecule has 1 fully saturated rings. The Morgan fingerprint density at radius 1 is 1.38 bits per heavy atom. The van der Waals surface area contributed by atoms with Gasteiger partial charge in [-0.3, -0.25) is 9.69 Å². The Morgan fingerprint density at radius 3 is 2.56 bits per heavy atom. The van der Waals surface area contributed by atoms with Crippen LogP contribution >= 0.6 is 0 Å². The molecule has 0 aromatic carbocycles. The number of carbonyl (C=O) groups excluding carboxylic acids is 1. The van der Waals surface area contributed by atoms with Gasteiger partial charge in [-0.05, 0) is 40.4 Å². The monoisotopic (exact) mass is 226 g/mol. The highest BCUT2D eigenvalue weighted by Gasteiger charge is 2.29. The Morgan fingerprint density at radius 2 is 2.00 bits per heavy atom. The highest BCUT2D eigenvalue weighted by Crippen LogP contribution is 2.21. The van der Waals surface area contributed by atoms with Crippen molar-refractivity contribution in [1.82, 2.24) is 9.80 Å². The minimum absolute atomic E-state index is 0.211. The Bertz CT molecular complexity index is 250. The van der Waals surface area contributed by atoms with Crippen LogP contribution in [0.5, 0.6) is 0 Å². The third kappa shape index (κ3) is 3.56. The maximum Gasteiger partial charge on any atom is 0.136 e. The van der Waals surface area contributed by atoms with Crippen LogP contribution < -0.4 is 0 Å². The SMILES string of the molecule is CC(=O)C(C)(C)CN1CCCN(C)CC1C. The molecule has 1 aliphatic heterocycles. The second kappa shape index (κ2) is 5.28. The fourth-order valence-corrected chi connectivity index (χ4v) is 2.28. The van der Waals surface area contributed by atoms with E-state index in [4.69, 9.17) is 0 Å². The quantitative estimate of drug-likeness (QED) is 0.731. The fourth-order valence-electron chi connectivity index (χ4n) is 2.28. The van der Waals surface area contributed by atoms with Crippen molar-refractivity contribution < 1.29 is 4.79 Å². The van der Waals surface area contributed by atoms with Gasteiger partial charge in [-0.15, -0.1) is 0 Å². The molecular formula is C13H26N2O. The van der Waals surface area contributed by atoms with Crippen molar-refractivity contribution in [3.63, 3.8) is 0 Å². The van der Waals surface area contributed by atoms with Gasteiger partial charge < -0.3 is 4.90 Å². The number of carbonyl (C=O) groups is 1. The molecule has 3 nitrogen and oxygen atoms in total. The van der Waals surface area contributed by atoms with Crippen molar-refractivity contribution in [2.24, 2.45) is 5.41 Å². The van der Waals surface area contributed by atoms with Crippen LogP contribution in [0.2, 0.25) is 0 Å². The van der Waals surface area contributed by atoms with Gasteiger partial charge in [0, 0.05) is 24.5 Å². The Labute approximate surface area is 99.8 Å². The van der Waals surface area contributed by atoms with E-state index in [0.717, 1.165) is 19.6 Å². The van der Waals surface area contributed by atoms with E-state index in [1.807, 2.05) is 0 Å². The van der Waals surface area contributed by atoms with Gasteiger partial charge in [0.05, 0.1) is 0 Å². The Hall–Kier alpha value is -0.410. The third-order valence-corrected chi connectivity index (χ3v) is 3.74. The number of hydrogen-bond acceptors (Lipinski definition) is 3. The van der Waals surface area contributed by atoms with Crippen molar-refractivity contribution in [1.29, 1.82) is 0 Å². The maximum atomic E-state index is 11.6. The molecule has 0 aromatic heterocycles. The van der Waals surface area contributed by atoms with Crippen molar-refractivity contribution in [3.05, 3.63) is 0 Å². The summed E-state index contributed by atoms with van der Waals surface area (Å²) >= 11 is 0. The third-order valence-electron chi connectivity index (χ3n) is 3.74. The summed E-state index contributed by atoms with van der Waals surface area (Å²) in [6.45, 7) is 12.3. The molecule has 1 unspecified atom stereocenters. The first-order valence-electron chi connectivity index (χ1n) is 6.26. The molecule has 1 atom stereocenters. The summed E-state index contributed by atoms with van der Waals surface area (Å²) in [5.41, 5.74) is -0.211. The van der Waals surface area contributed by atoms with Gasteiger partial charge >= 0.3 is 0 Å². The lowest BCUT2D eigenvalue weighted by atomic mass is 9.88. The molecule has 94 valence electrons. The zero-order valence-electron chi connectivity index (χ0n) is 11.4. The zero-order valence-corrected chi connectivity index (χ0v) is 11.4. The molecule has 1 aliphatic rings. The Balaban J connectivity index is 2.62. The van der Waals surface area contributed by atoms with Gasteiger partial charge in [0.15, 0.2) is 0 Å². The smallest absolute Gasteiger partial charge is 0.136 e. The molecule has 16 heavy (non-hydrogen) atoms. The van der Waals surface area contributed by atoms with E-state index in [2.05, 4.69) is 37.6 Å². The topological polar surface area (TPSA) is 23.6 Å². The second-order valence-corrected chi connectivity index (χ2v) is 5.88. The number of rotatable bonds is 3. The molecule has 3 heteroatoms. The summed E-state index contributed by atoms with van der Waals surface area (Å²) in [4.78, 5) is 16.4. The van der Waals surface area contributed by atoms with Gasteiger partial charge in [0.1, 0.15) is 5.78 Å². The molecule has 1 rings (SSSR count). The van der Waals surface area contributed by atoms with Crippen LogP contribution in [0.15, 0.2) is 0 Å². The number of nitrogens with zero attached hydrogens (tertiary/aromatic N) is 2. The minimum atomic E-state index is -0.211. The largest absolute Gasteiger partial charge is 0.305 e. The fraction of sp³-hybridized carbons (Fsp3) is 0.923. The summed E-state index contributed by atoms with van der Waals surface area (Å²) in [6, 6.07) is 0.547. The Kier molecular flexibility index (Phi) is 4.51. The lowest BCUT2D eigenvalue weighted by molar-refractivity contribution is -0.126. The molecular weight excluding hydrogens is 200 g/mol. The normalized spacial score (nSPS) is 25.4. The summed E-state index contributed by atoms with van der Waals surface area (Å²) in [5.74, 6) is 0.289. The van der Waals surface area contributed by atoms with E-state index in [-0.39, 0.29) is 11.2 Å². The predicted molar refractivity (Wildman–Crippen MR) is 67.6 cm³/mol. The summed E-state index contributed by atoms with van der Waals surface area (Å²) < 4.78 is 0. The minimum Gasteiger partial charge on any atom is -0.305 e. The number of Topliss-reactive ketones (excluding diaryl/α,β-unsaturated/α-hetero) is 1. The molecule has 0 saturated carbocycles. The van der Waals surface area contributed by atoms with E-state index in [1.54, 1.807) is 6.92 Å². The lowest BCUT2D eigenvalue weighted by Gasteiger charge is -2.34. The van der Waals surface area contributed by atoms with Crippen LogP contribution in [0.25, 0.3) is 0 Å². The summed E-state index contributed by atoms with van der Waals surface area (Å²) in [6.07, 6.45) is 1.20. The molecule has 1 heterocycles. The zero-order chi connectivity index (χ0) is 12.3. The standard InChI is InChI=1S/C13H26N2O/c1-11-9-14(5)7-6-8-15(11)10-13(3,4)12(2)16/h11H,6-10H2,1-5H3. The van der Waals surface area contributed by atoms with Gasteiger partial charge in [-0.25, -0.2) is 0 Å². The van der Waals surface area contributed by atoms with E-state index >= 15 is 0 Å². The average Bonchev–Trinajstić information content (AvgIpc) is 2.28. The summed E-state index contributed by atoms with van der Waals surface area (Å²) in [7, 11) is 2.18. The summed E-state index contributed by atoms with van der Waals surface area (Å²) in [5, 5.41) is 0. The van der Waals surface area contributed by atoms with Crippen molar-refractivity contribution >= 4 is 5.78 Å². The van der Waals surface area contributed by atoms with Gasteiger partial charge in [0.25, 0.3) is 0 Å². The van der Waals surface area contributed by atoms with Crippen LogP contribution in [0, 0.1) is 5.41 Å². The van der Waals surface area contributed by atoms with Gasteiger partial charge in [-0.2, -0.15) is 0 Å². The van der Waals surface area contributed by atoms with E-state index in [9.17, 15) is 4.79 Å². The lowest BCUT2D eigenvalue weighted by Crippen LogP contribution is -2.45. The van der Waals surface area contributed by atoms with Gasteiger partial charge in [-0.1, -0.05) is 13.8 Å². The highest BCUT2D eigenvalue weighted by molar-refractivity contribution is 5.81. The molecule has 0 bridgehead atoms. The van der Waals surface area contributed by atoms with Crippen LogP contribution in [0.4, 0.5) is 0 Å². The number of hydrogen-bond donors (Lipinski definition) is 0. The first kappa shape index (κ1) is 13.7. The van der Waals surface area contributed by atoms with Crippen molar-refractivity contribution in [2.75, 3.05) is 33.2 Å². The van der Waals surface area contributed by atoms with Crippen molar-refractivity contribution in [2.45, 2.75) is 40.2 Å². The van der Waals surface area contributed by atoms with Gasteiger partial charge in [0.2, 0.25) is 0 Å². The highest BCUT2D eigenvalue weighted by atomic mass is 16.1. The second-order valence-electron chi connectivity index (χ2n) is 5.88. The first-order chi connectivity index (χ1) is 7.33. The van der Waals surface area contributed by atoms with Crippen molar-refractivity contribution in [3.8, 4) is 0 Å². The molecule has 0 aromatic rings. The van der Waals surface area contributed by atoms with E-state index in [0.29, 0.717) is 6.04 Å². The first-order valence-corrected chi connectivity index (χ1v) is 6.26. The van der Waals surface area contributed by atoms with E-state index < -0.39 is 0 Å². The number of likely N-dealkylation sites (N-methyl/N-ethyl adjacent to an activating group) is 1. The molecule has 1 saturated heterocycles. The van der Waals surface area contributed by atoms with Crippen LogP contribution in [-0.2, 0) is 4.79 Å². The molecule has 0 N–H and O–H groups in total. The molecule has 0 amide bonds. The van der Waals surface area contributed by atoms with Crippen LogP contribution in [0.1, 0.15) is 34.1 Å². The number of ketones is 1. The molecule has 0 spiro atoms. The predicted octanol–water partition coefficient (Wildman–Crippen LogP) is 1.63. The molecule has 0 aliphatic carbocycles. The maximum absolute atomic E-state index is 11.6.